The molecule has 0 radical (unpaired) electrons. The number of halogens is 1. The first kappa shape index (κ1) is 17.3. The normalized spacial score (nSPS) is 15.3. The van der Waals surface area contributed by atoms with E-state index in [1.807, 2.05) is 42.5 Å². The molecular formula is C22H17ClN2O2. The van der Waals surface area contributed by atoms with Gasteiger partial charge in [0, 0.05) is 28.4 Å². The molecular weight excluding hydrogens is 360 g/mol. The molecule has 1 unspecified atom stereocenters. The van der Waals surface area contributed by atoms with E-state index in [4.69, 9.17) is 11.6 Å². The van der Waals surface area contributed by atoms with E-state index in [0.717, 1.165) is 11.3 Å². The third kappa shape index (κ3) is 3.44. The van der Waals surface area contributed by atoms with Gasteiger partial charge in [0.25, 0.3) is 5.91 Å². The van der Waals surface area contributed by atoms with Gasteiger partial charge in [-0.3, -0.25) is 14.5 Å². The lowest BCUT2D eigenvalue weighted by Crippen LogP contribution is -2.45. The van der Waals surface area contributed by atoms with Crippen LogP contribution < -0.4 is 10.2 Å². The van der Waals surface area contributed by atoms with Crippen molar-refractivity contribution in [1.29, 1.82) is 0 Å². The van der Waals surface area contributed by atoms with Gasteiger partial charge in [-0.1, -0.05) is 54.1 Å². The summed E-state index contributed by atoms with van der Waals surface area (Å²) in [4.78, 5) is 27.7. The summed E-state index contributed by atoms with van der Waals surface area (Å²) in [6.07, 6.45) is 0.473. The minimum Gasteiger partial charge on any atom is -0.324 e. The van der Waals surface area contributed by atoms with Crippen LogP contribution in [0.4, 0.5) is 11.4 Å². The van der Waals surface area contributed by atoms with Gasteiger partial charge in [-0.2, -0.15) is 0 Å². The van der Waals surface area contributed by atoms with Crippen LogP contribution in [0, 0.1) is 0 Å². The number of carbonyl (C=O) groups excluding carboxylic acids is 2. The van der Waals surface area contributed by atoms with E-state index in [1.54, 1.807) is 41.3 Å². The molecule has 1 atom stereocenters. The van der Waals surface area contributed by atoms with Gasteiger partial charge in [0.15, 0.2) is 0 Å². The fourth-order valence-electron chi connectivity index (χ4n) is 3.36. The monoisotopic (exact) mass is 376 g/mol. The quantitative estimate of drug-likeness (QED) is 0.729. The van der Waals surface area contributed by atoms with Gasteiger partial charge >= 0.3 is 0 Å². The third-order valence-electron chi connectivity index (χ3n) is 4.61. The molecule has 0 bridgehead atoms. The molecule has 27 heavy (non-hydrogen) atoms. The van der Waals surface area contributed by atoms with Crippen LogP contribution in [-0.2, 0) is 11.2 Å². The van der Waals surface area contributed by atoms with Crippen molar-refractivity contribution in [2.75, 3.05) is 10.2 Å². The molecule has 4 rings (SSSR count). The van der Waals surface area contributed by atoms with Crippen LogP contribution in [-0.4, -0.2) is 17.9 Å². The molecule has 0 fully saturated rings. The van der Waals surface area contributed by atoms with Gasteiger partial charge in [0.05, 0.1) is 0 Å². The topological polar surface area (TPSA) is 49.4 Å². The Balaban J connectivity index is 1.66. The predicted molar refractivity (Wildman–Crippen MR) is 107 cm³/mol. The first-order valence-electron chi connectivity index (χ1n) is 8.66. The highest BCUT2D eigenvalue weighted by molar-refractivity contribution is 6.31. The highest BCUT2D eigenvalue weighted by Gasteiger charge is 2.38. The number of nitrogens with zero attached hydrogens (tertiary/aromatic N) is 1. The van der Waals surface area contributed by atoms with E-state index in [2.05, 4.69) is 5.32 Å². The van der Waals surface area contributed by atoms with Crippen LogP contribution in [0.5, 0.6) is 0 Å². The molecule has 0 spiro atoms. The minimum atomic E-state index is -0.617. The fraction of sp³-hybridized carbons (Fsp3) is 0.0909. The number of para-hydroxylation sites is 1. The lowest BCUT2D eigenvalue weighted by Gasteiger charge is -2.25. The molecule has 0 saturated heterocycles. The lowest BCUT2D eigenvalue weighted by molar-refractivity contribution is -0.117. The Labute approximate surface area is 162 Å². The van der Waals surface area contributed by atoms with Gasteiger partial charge in [0.1, 0.15) is 6.04 Å². The van der Waals surface area contributed by atoms with Crippen molar-refractivity contribution in [3.05, 3.63) is 95.0 Å². The maximum Gasteiger partial charge on any atom is 0.259 e. The van der Waals surface area contributed by atoms with Crippen molar-refractivity contribution < 1.29 is 9.59 Å². The first-order valence-corrected chi connectivity index (χ1v) is 9.04. The molecule has 0 aromatic heterocycles. The SMILES string of the molecule is O=C(Nc1cccc(Cl)c1)C1Cc2ccccc2N1C(=O)c1ccccc1. The smallest absolute Gasteiger partial charge is 0.259 e. The predicted octanol–water partition coefficient (Wildman–Crippen LogP) is 4.55. The third-order valence-corrected chi connectivity index (χ3v) is 4.85. The lowest BCUT2D eigenvalue weighted by atomic mass is 10.1. The fourth-order valence-corrected chi connectivity index (χ4v) is 3.55. The second-order valence-corrected chi connectivity index (χ2v) is 6.83. The number of hydrogen-bond donors (Lipinski definition) is 1. The second-order valence-electron chi connectivity index (χ2n) is 6.39. The summed E-state index contributed by atoms with van der Waals surface area (Å²) in [7, 11) is 0. The molecule has 4 nitrogen and oxygen atoms in total. The Morgan fingerprint density at radius 3 is 2.44 bits per heavy atom. The molecule has 134 valence electrons. The Morgan fingerprint density at radius 2 is 1.67 bits per heavy atom. The van der Waals surface area contributed by atoms with Gasteiger partial charge < -0.3 is 5.32 Å². The van der Waals surface area contributed by atoms with Crippen LogP contribution in [0.1, 0.15) is 15.9 Å². The van der Waals surface area contributed by atoms with Gasteiger partial charge in [0.2, 0.25) is 5.91 Å². The van der Waals surface area contributed by atoms with Crippen LogP contribution >= 0.6 is 11.6 Å². The number of rotatable bonds is 3. The van der Waals surface area contributed by atoms with Crippen molar-refractivity contribution >= 4 is 34.8 Å². The zero-order valence-corrected chi connectivity index (χ0v) is 15.2. The molecule has 1 aliphatic rings. The summed E-state index contributed by atoms with van der Waals surface area (Å²) in [5, 5.41) is 3.42. The number of hydrogen-bond acceptors (Lipinski definition) is 2. The van der Waals surface area contributed by atoms with Crippen LogP contribution in [0.25, 0.3) is 0 Å². The average Bonchev–Trinajstić information content (AvgIpc) is 3.08. The number of amides is 2. The Bertz CT molecular complexity index is 1000. The number of benzene rings is 3. The summed E-state index contributed by atoms with van der Waals surface area (Å²) in [6.45, 7) is 0. The molecule has 3 aromatic carbocycles. The molecule has 2 amide bonds. The van der Waals surface area contributed by atoms with Crippen LogP contribution in [0.3, 0.4) is 0 Å². The molecule has 0 aliphatic carbocycles. The van der Waals surface area contributed by atoms with Crippen molar-refractivity contribution in [3.8, 4) is 0 Å². The summed E-state index contributed by atoms with van der Waals surface area (Å²) < 4.78 is 0. The Kier molecular flexibility index (Phi) is 4.65. The molecule has 3 aromatic rings. The van der Waals surface area contributed by atoms with Crippen molar-refractivity contribution in [2.45, 2.75) is 12.5 Å². The van der Waals surface area contributed by atoms with Crippen molar-refractivity contribution in [1.82, 2.24) is 0 Å². The van der Waals surface area contributed by atoms with Gasteiger partial charge in [-0.15, -0.1) is 0 Å². The van der Waals surface area contributed by atoms with Crippen LogP contribution in [0.2, 0.25) is 5.02 Å². The van der Waals surface area contributed by atoms with Crippen molar-refractivity contribution in [2.24, 2.45) is 0 Å². The number of anilines is 2. The average molecular weight is 377 g/mol. The number of carbonyl (C=O) groups is 2. The van der Waals surface area contributed by atoms with E-state index in [1.165, 1.54) is 0 Å². The van der Waals surface area contributed by atoms with E-state index in [0.29, 0.717) is 22.7 Å². The Hall–Kier alpha value is -3.11. The van der Waals surface area contributed by atoms with E-state index in [9.17, 15) is 9.59 Å². The standard InChI is InChI=1S/C22H17ClN2O2/c23-17-10-6-11-18(14-17)24-21(26)20-13-16-9-4-5-12-19(16)25(20)22(27)15-7-2-1-3-8-15/h1-12,14,20H,13H2,(H,24,26). The van der Waals surface area contributed by atoms with E-state index >= 15 is 0 Å². The number of fused-ring (bicyclic) bond motifs is 1. The zero-order valence-electron chi connectivity index (χ0n) is 14.4. The largest absolute Gasteiger partial charge is 0.324 e. The zero-order chi connectivity index (χ0) is 18.8. The molecule has 1 aliphatic heterocycles. The van der Waals surface area contributed by atoms with Crippen LogP contribution in [0.15, 0.2) is 78.9 Å². The summed E-state index contributed by atoms with van der Waals surface area (Å²) in [5.41, 5.74) is 2.91. The summed E-state index contributed by atoms with van der Waals surface area (Å²) >= 11 is 6.00. The summed E-state index contributed by atoms with van der Waals surface area (Å²) in [5.74, 6) is -0.426. The molecule has 1 N–H and O–H groups in total. The van der Waals surface area contributed by atoms with Crippen molar-refractivity contribution in [3.63, 3.8) is 0 Å². The van der Waals surface area contributed by atoms with E-state index in [-0.39, 0.29) is 11.8 Å². The Morgan fingerprint density at radius 1 is 0.926 bits per heavy atom. The number of nitrogens with one attached hydrogen (secondary N) is 1. The highest BCUT2D eigenvalue weighted by atomic mass is 35.5. The van der Waals surface area contributed by atoms with Gasteiger partial charge in [-0.05, 0) is 42.0 Å². The maximum atomic E-state index is 13.2. The summed E-state index contributed by atoms with van der Waals surface area (Å²) in [6, 6.07) is 23.0. The first-order chi connectivity index (χ1) is 13.1. The molecule has 0 saturated carbocycles. The second kappa shape index (κ2) is 7.25. The minimum absolute atomic E-state index is 0.188. The maximum absolute atomic E-state index is 13.2. The molecule has 5 heteroatoms. The van der Waals surface area contributed by atoms with E-state index < -0.39 is 6.04 Å². The molecule has 1 heterocycles. The van der Waals surface area contributed by atoms with Gasteiger partial charge in [-0.25, -0.2) is 0 Å². The highest BCUT2D eigenvalue weighted by Crippen LogP contribution is 2.34.